The second kappa shape index (κ2) is 10.4. The molecule has 0 aliphatic carbocycles. The summed E-state index contributed by atoms with van der Waals surface area (Å²) in [7, 11) is 1.70. The van der Waals surface area contributed by atoms with Crippen molar-refractivity contribution in [2.45, 2.75) is 38.8 Å². The smallest absolute Gasteiger partial charge is 0.253 e. The molecule has 0 spiro atoms. The van der Waals surface area contributed by atoms with Gasteiger partial charge in [0, 0.05) is 54.9 Å². The van der Waals surface area contributed by atoms with E-state index >= 15 is 0 Å². The Morgan fingerprint density at radius 2 is 1.73 bits per heavy atom. The van der Waals surface area contributed by atoms with Crippen molar-refractivity contribution in [3.05, 3.63) is 101 Å². The average molecular weight is 494 g/mol. The van der Waals surface area contributed by atoms with Gasteiger partial charge >= 0.3 is 0 Å². The summed E-state index contributed by atoms with van der Waals surface area (Å²) < 4.78 is 5.29. The first-order valence-corrected chi connectivity index (χ1v) is 13.5. The van der Waals surface area contributed by atoms with E-state index in [9.17, 15) is 4.79 Å². The van der Waals surface area contributed by atoms with Gasteiger partial charge in [-0.3, -0.25) is 9.69 Å². The Kier molecular flexibility index (Phi) is 6.71. The van der Waals surface area contributed by atoms with E-state index in [4.69, 9.17) is 4.74 Å². The summed E-state index contributed by atoms with van der Waals surface area (Å²) in [5, 5.41) is 1.26. The SMILES string of the molecule is COc1ccc(CN2CCc3c([nH]c4cc(C(=O)N5CCC(Cc6ccccc6)CC5)ccc34)C2)cc1. The molecule has 0 radical (unpaired) electrons. The van der Waals surface area contributed by atoms with Crippen molar-refractivity contribution in [2.75, 3.05) is 26.7 Å². The van der Waals surface area contributed by atoms with E-state index < -0.39 is 0 Å². The maximum Gasteiger partial charge on any atom is 0.253 e. The summed E-state index contributed by atoms with van der Waals surface area (Å²) in [6.07, 6.45) is 4.28. The fourth-order valence-electron chi connectivity index (χ4n) is 6.03. The Morgan fingerprint density at radius 1 is 0.946 bits per heavy atom. The van der Waals surface area contributed by atoms with Gasteiger partial charge in [0.25, 0.3) is 5.91 Å². The van der Waals surface area contributed by atoms with Crippen LogP contribution in [-0.4, -0.2) is 47.4 Å². The maximum absolute atomic E-state index is 13.3. The molecular formula is C32H35N3O2. The first kappa shape index (κ1) is 23.8. The molecule has 2 aliphatic rings. The third kappa shape index (κ3) is 5.14. The van der Waals surface area contributed by atoms with Gasteiger partial charge in [0.1, 0.15) is 5.75 Å². The molecule has 2 aliphatic heterocycles. The number of carbonyl (C=O) groups excluding carboxylic acids is 1. The number of methoxy groups -OCH3 is 1. The fourth-order valence-corrected chi connectivity index (χ4v) is 6.03. The number of ether oxygens (including phenoxy) is 1. The predicted molar refractivity (Wildman–Crippen MR) is 148 cm³/mol. The Hall–Kier alpha value is -3.57. The van der Waals surface area contributed by atoms with Gasteiger partial charge in [-0.15, -0.1) is 0 Å². The molecule has 0 atom stereocenters. The first-order chi connectivity index (χ1) is 18.2. The van der Waals surface area contributed by atoms with Gasteiger partial charge < -0.3 is 14.6 Å². The van der Waals surface area contributed by atoms with Gasteiger partial charge in [0.15, 0.2) is 0 Å². The van der Waals surface area contributed by atoms with Crippen LogP contribution in [0.15, 0.2) is 72.8 Å². The molecule has 4 aromatic rings. The van der Waals surface area contributed by atoms with E-state index in [-0.39, 0.29) is 5.91 Å². The Balaban J connectivity index is 1.10. The number of amides is 1. The second-order valence-electron chi connectivity index (χ2n) is 10.6. The van der Waals surface area contributed by atoms with Crippen LogP contribution in [0.3, 0.4) is 0 Å². The third-order valence-corrected chi connectivity index (χ3v) is 8.14. The normalized spacial score (nSPS) is 16.6. The van der Waals surface area contributed by atoms with Crippen LogP contribution >= 0.6 is 0 Å². The molecule has 37 heavy (non-hydrogen) atoms. The molecule has 1 fully saturated rings. The summed E-state index contributed by atoms with van der Waals surface area (Å²) in [5.41, 5.74) is 7.25. The minimum absolute atomic E-state index is 0.161. The van der Waals surface area contributed by atoms with Crippen molar-refractivity contribution < 1.29 is 9.53 Å². The number of hydrogen-bond donors (Lipinski definition) is 1. The Morgan fingerprint density at radius 3 is 2.49 bits per heavy atom. The summed E-state index contributed by atoms with van der Waals surface area (Å²) in [6.45, 7) is 4.54. The van der Waals surface area contributed by atoms with E-state index in [2.05, 4.69) is 64.5 Å². The summed E-state index contributed by atoms with van der Waals surface area (Å²) >= 11 is 0. The molecule has 190 valence electrons. The Bertz CT molecular complexity index is 1370. The highest BCUT2D eigenvalue weighted by atomic mass is 16.5. The summed E-state index contributed by atoms with van der Waals surface area (Å²) in [4.78, 5) is 21.5. The molecule has 0 unspecified atom stereocenters. The van der Waals surface area contributed by atoms with Crippen molar-refractivity contribution in [3.63, 3.8) is 0 Å². The van der Waals surface area contributed by atoms with Crippen molar-refractivity contribution >= 4 is 16.8 Å². The molecule has 3 heterocycles. The van der Waals surface area contributed by atoms with Gasteiger partial charge in [0.2, 0.25) is 0 Å². The van der Waals surface area contributed by atoms with E-state index in [1.165, 1.54) is 27.8 Å². The number of fused-ring (bicyclic) bond motifs is 3. The molecular weight excluding hydrogens is 458 g/mol. The molecule has 1 amide bonds. The van der Waals surface area contributed by atoms with Gasteiger partial charge in [-0.25, -0.2) is 0 Å². The topological polar surface area (TPSA) is 48.6 Å². The van der Waals surface area contributed by atoms with E-state index in [0.29, 0.717) is 5.92 Å². The zero-order valence-corrected chi connectivity index (χ0v) is 21.6. The lowest BCUT2D eigenvalue weighted by atomic mass is 9.90. The van der Waals surface area contributed by atoms with Gasteiger partial charge in [-0.05, 0) is 72.6 Å². The number of H-pyrrole nitrogens is 1. The van der Waals surface area contributed by atoms with E-state index in [1.54, 1.807) is 7.11 Å². The number of aromatic amines is 1. The third-order valence-electron chi connectivity index (χ3n) is 8.14. The monoisotopic (exact) mass is 493 g/mol. The minimum Gasteiger partial charge on any atom is -0.497 e. The van der Waals surface area contributed by atoms with Crippen LogP contribution in [0.4, 0.5) is 0 Å². The minimum atomic E-state index is 0.161. The molecule has 6 rings (SSSR count). The van der Waals surface area contributed by atoms with Crippen LogP contribution in [0.25, 0.3) is 10.9 Å². The number of hydrogen-bond acceptors (Lipinski definition) is 3. The zero-order chi connectivity index (χ0) is 25.2. The van der Waals surface area contributed by atoms with Crippen LogP contribution in [0, 0.1) is 5.92 Å². The molecule has 3 aromatic carbocycles. The summed E-state index contributed by atoms with van der Waals surface area (Å²) in [6, 6.07) is 25.3. The molecule has 1 saturated heterocycles. The van der Waals surface area contributed by atoms with Gasteiger partial charge in [-0.2, -0.15) is 0 Å². The van der Waals surface area contributed by atoms with E-state index in [0.717, 1.165) is 75.2 Å². The largest absolute Gasteiger partial charge is 0.497 e. The van der Waals surface area contributed by atoms with Crippen LogP contribution in [0.1, 0.15) is 45.6 Å². The number of benzene rings is 3. The number of carbonyl (C=O) groups is 1. The average Bonchev–Trinajstić information content (AvgIpc) is 3.31. The highest BCUT2D eigenvalue weighted by molar-refractivity contribution is 5.99. The predicted octanol–water partition coefficient (Wildman–Crippen LogP) is 5.83. The number of nitrogens with zero attached hydrogens (tertiary/aromatic N) is 2. The zero-order valence-electron chi connectivity index (χ0n) is 21.6. The van der Waals surface area contributed by atoms with Crippen molar-refractivity contribution in [2.24, 2.45) is 5.92 Å². The lowest BCUT2D eigenvalue weighted by Crippen LogP contribution is -2.38. The maximum atomic E-state index is 13.3. The number of aromatic nitrogens is 1. The van der Waals surface area contributed by atoms with Crippen molar-refractivity contribution in [1.82, 2.24) is 14.8 Å². The summed E-state index contributed by atoms with van der Waals surface area (Å²) in [5.74, 6) is 1.71. The molecule has 1 aromatic heterocycles. The molecule has 1 N–H and O–H groups in total. The Labute approximate surface area is 219 Å². The molecule has 0 saturated carbocycles. The van der Waals surface area contributed by atoms with Crippen LogP contribution < -0.4 is 4.74 Å². The van der Waals surface area contributed by atoms with E-state index in [1.807, 2.05) is 23.1 Å². The fraction of sp³-hybridized carbons (Fsp3) is 0.344. The van der Waals surface area contributed by atoms with Crippen LogP contribution in [0.2, 0.25) is 0 Å². The lowest BCUT2D eigenvalue weighted by Gasteiger charge is -2.32. The molecule has 5 heteroatoms. The number of nitrogens with one attached hydrogen (secondary N) is 1. The van der Waals surface area contributed by atoms with Gasteiger partial charge in [0.05, 0.1) is 7.11 Å². The highest BCUT2D eigenvalue weighted by Gasteiger charge is 2.25. The number of likely N-dealkylation sites (tertiary alicyclic amines) is 1. The lowest BCUT2D eigenvalue weighted by molar-refractivity contribution is 0.0690. The highest BCUT2D eigenvalue weighted by Crippen LogP contribution is 2.30. The standard InChI is InChI=1S/C32H35N3O2/c1-37-27-10-7-25(8-11-27)21-34-16-15-29-28-12-9-26(20-30(28)33-31(29)22-34)32(36)35-17-13-24(14-18-35)19-23-5-3-2-4-6-23/h2-12,20,24,33H,13-19,21-22H2,1H3. The quantitative estimate of drug-likeness (QED) is 0.368. The second-order valence-corrected chi connectivity index (χ2v) is 10.6. The number of rotatable bonds is 6. The van der Waals surface area contributed by atoms with Crippen LogP contribution in [0.5, 0.6) is 5.75 Å². The molecule has 0 bridgehead atoms. The molecule has 5 nitrogen and oxygen atoms in total. The van der Waals surface area contributed by atoms with Crippen molar-refractivity contribution in [3.8, 4) is 5.75 Å². The first-order valence-electron chi connectivity index (χ1n) is 13.5. The number of piperidine rings is 1. The van der Waals surface area contributed by atoms with Gasteiger partial charge in [-0.1, -0.05) is 48.5 Å². The van der Waals surface area contributed by atoms with Crippen molar-refractivity contribution in [1.29, 1.82) is 0 Å². The van der Waals surface area contributed by atoms with Crippen LogP contribution in [-0.2, 0) is 25.9 Å².